The Morgan fingerprint density at radius 2 is 1.21 bits per heavy atom. The predicted octanol–water partition coefficient (Wildman–Crippen LogP) is 8.60. The molecule has 0 heterocycles. The van der Waals surface area contributed by atoms with Crippen molar-refractivity contribution in [1.82, 2.24) is 0 Å². The summed E-state index contributed by atoms with van der Waals surface area (Å²) in [5.74, 6) is 0.313. The minimum atomic E-state index is -1.26. The normalized spacial score (nSPS) is 12.0. The molecule has 0 atom stereocenters. The SMILES string of the molecule is CC(C)(C)c1cc(C=Nc2ccccc2[PH+](c2ccccc2)c2ccccc2)c(O)c(C(C)(C)C)c1.[Cl][Fe][Cl]. The maximum absolute atomic E-state index is 11.2. The van der Waals surface area contributed by atoms with Crippen LogP contribution in [-0.4, -0.2) is 11.3 Å². The molecule has 1 N–H and O–H groups in total. The molecular weight excluding hydrogens is 584 g/mol. The summed E-state index contributed by atoms with van der Waals surface area (Å²) in [6, 6.07) is 34.1. The summed E-state index contributed by atoms with van der Waals surface area (Å²) >= 11 is 0.194. The molecule has 0 bridgehead atoms. The number of halogens is 2. The van der Waals surface area contributed by atoms with Gasteiger partial charge in [-0.25, -0.2) is 0 Å². The average molecular weight is 621 g/mol. The zero-order valence-corrected chi connectivity index (χ0v) is 26.9. The van der Waals surface area contributed by atoms with E-state index in [2.05, 4.69) is 133 Å². The molecule has 206 valence electrons. The van der Waals surface area contributed by atoms with E-state index >= 15 is 0 Å². The molecule has 0 spiro atoms. The zero-order valence-electron chi connectivity index (χ0n) is 23.3. The van der Waals surface area contributed by atoms with E-state index < -0.39 is 7.92 Å². The molecule has 6 heteroatoms. The number of rotatable bonds is 5. The zero-order chi connectivity index (χ0) is 28.6. The van der Waals surface area contributed by atoms with Gasteiger partial charge in [0, 0.05) is 17.3 Å². The molecule has 0 aliphatic carbocycles. The van der Waals surface area contributed by atoms with Crippen molar-refractivity contribution in [3.63, 3.8) is 0 Å². The number of hydrogen-bond donors (Lipinski definition) is 1. The topological polar surface area (TPSA) is 32.6 Å². The van der Waals surface area contributed by atoms with Gasteiger partial charge in [0.25, 0.3) is 0 Å². The van der Waals surface area contributed by atoms with Crippen molar-refractivity contribution in [1.29, 1.82) is 0 Å². The second-order valence-electron chi connectivity index (χ2n) is 11.4. The van der Waals surface area contributed by atoms with Gasteiger partial charge in [-0.05, 0) is 58.9 Å². The Balaban J connectivity index is 0.00000134. The van der Waals surface area contributed by atoms with Crippen LogP contribution in [0.25, 0.3) is 0 Å². The monoisotopic (exact) mass is 620 g/mol. The summed E-state index contributed by atoms with van der Waals surface area (Å²) in [6.07, 6.45) is 1.84. The van der Waals surface area contributed by atoms with Crippen LogP contribution in [0.1, 0.15) is 58.2 Å². The average Bonchev–Trinajstić information content (AvgIpc) is 2.89. The van der Waals surface area contributed by atoms with Crippen LogP contribution in [0.3, 0.4) is 0 Å². The minimum absolute atomic E-state index is 0.0367. The van der Waals surface area contributed by atoms with Crippen LogP contribution >= 0.6 is 28.1 Å². The van der Waals surface area contributed by atoms with Crippen molar-refractivity contribution in [2.45, 2.75) is 52.4 Å². The second kappa shape index (κ2) is 14.0. The van der Waals surface area contributed by atoms with Gasteiger partial charge in [-0.3, -0.25) is 4.99 Å². The van der Waals surface area contributed by atoms with Gasteiger partial charge < -0.3 is 5.11 Å². The van der Waals surface area contributed by atoms with Crippen LogP contribution in [0.15, 0.2) is 102 Å². The molecule has 2 nitrogen and oxygen atoms in total. The number of aromatic hydroxyl groups is 1. The first-order valence-electron chi connectivity index (χ1n) is 12.8. The van der Waals surface area contributed by atoms with E-state index in [1.54, 1.807) is 0 Å². The van der Waals surface area contributed by atoms with Crippen molar-refractivity contribution in [2.24, 2.45) is 4.99 Å². The number of phenolic OH excluding ortho intramolecular Hbond substituents is 1. The summed E-state index contributed by atoms with van der Waals surface area (Å²) < 4.78 is 0. The summed E-state index contributed by atoms with van der Waals surface area (Å²) in [6.45, 7) is 13.0. The van der Waals surface area contributed by atoms with Crippen molar-refractivity contribution < 1.29 is 18.2 Å². The standard InChI is InChI=1S/C33H36NOP.2ClH.Fe/c1-32(2,3)25-21-24(31(35)28(22-25)33(4,5)6)23-34-29-19-13-14-20-30(29)36(26-15-9-7-10-16-26)27-17-11-8-12-18-27;;;/h7-23,35H,1-6H3;2*1H;/q;;;+2/p-1. The Labute approximate surface area is 249 Å². The van der Waals surface area contributed by atoms with E-state index in [-0.39, 0.29) is 24.0 Å². The number of benzene rings is 4. The molecule has 4 aromatic carbocycles. The molecule has 0 amide bonds. The van der Waals surface area contributed by atoms with Crippen LogP contribution in [0.5, 0.6) is 5.75 Å². The first-order chi connectivity index (χ1) is 18.5. The molecule has 0 aliphatic heterocycles. The van der Waals surface area contributed by atoms with Crippen molar-refractivity contribution in [3.05, 3.63) is 114 Å². The van der Waals surface area contributed by atoms with Gasteiger partial charge in [-0.1, -0.05) is 96.1 Å². The summed E-state index contributed by atoms with van der Waals surface area (Å²) in [5.41, 5.74) is 3.63. The van der Waals surface area contributed by atoms with Crippen LogP contribution in [0.2, 0.25) is 0 Å². The van der Waals surface area contributed by atoms with Gasteiger partial charge in [0.2, 0.25) is 0 Å². The number of nitrogens with zero attached hydrogens (tertiary/aromatic N) is 1. The Bertz CT molecular complexity index is 1340. The van der Waals surface area contributed by atoms with Gasteiger partial charge in [-0.15, -0.1) is 0 Å². The summed E-state index contributed by atoms with van der Waals surface area (Å²) in [5, 5.41) is 15.1. The maximum atomic E-state index is 11.2. The van der Waals surface area contributed by atoms with Gasteiger partial charge in [-0.2, -0.15) is 0 Å². The molecule has 39 heavy (non-hydrogen) atoms. The van der Waals surface area contributed by atoms with Crippen LogP contribution < -0.4 is 15.9 Å². The van der Waals surface area contributed by atoms with Crippen molar-refractivity contribution in [2.75, 3.05) is 0 Å². The van der Waals surface area contributed by atoms with Crippen LogP contribution in [0, 0.1) is 0 Å². The molecule has 0 saturated heterocycles. The van der Waals surface area contributed by atoms with E-state index in [1.165, 1.54) is 21.5 Å². The molecule has 0 aliphatic rings. The molecule has 4 rings (SSSR count). The number of phenols is 1. The van der Waals surface area contributed by atoms with Gasteiger partial charge in [0.1, 0.15) is 35.3 Å². The first-order valence-corrected chi connectivity index (χ1v) is 17.4. The summed E-state index contributed by atoms with van der Waals surface area (Å²) in [4.78, 5) is 5.00. The predicted molar refractivity (Wildman–Crippen MR) is 171 cm³/mol. The number of aliphatic imine (C=N–C) groups is 1. The van der Waals surface area contributed by atoms with E-state index in [0.29, 0.717) is 5.75 Å². The fourth-order valence-corrected chi connectivity index (χ4v) is 7.06. The van der Waals surface area contributed by atoms with Crippen LogP contribution in [-0.2, 0) is 24.0 Å². The molecule has 0 aromatic heterocycles. The van der Waals surface area contributed by atoms with Crippen molar-refractivity contribution >= 4 is 55.9 Å². The third kappa shape index (κ3) is 8.43. The van der Waals surface area contributed by atoms with E-state index in [4.69, 9.17) is 25.2 Å². The third-order valence-corrected chi connectivity index (χ3v) is 9.24. The van der Waals surface area contributed by atoms with E-state index in [1.807, 2.05) is 12.3 Å². The van der Waals surface area contributed by atoms with E-state index in [0.717, 1.165) is 16.8 Å². The molecule has 0 radical (unpaired) electrons. The fourth-order valence-electron chi connectivity index (χ4n) is 4.38. The molecule has 0 saturated carbocycles. The fraction of sp³-hybridized carbons (Fsp3) is 0.242. The van der Waals surface area contributed by atoms with Crippen LogP contribution in [0.4, 0.5) is 5.69 Å². The third-order valence-electron chi connectivity index (χ3n) is 6.45. The Morgan fingerprint density at radius 1 is 0.718 bits per heavy atom. The van der Waals surface area contributed by atoms with Gasteiger partial charge >= 0.3 is 33.3 Å². The molecular formula is C33H37Cl2FeNOP+. The van der Waals surface area contributed by atoms with E-state index in [9.17, 15) is 5.11 Å². The Hall–Kier alpha value is -2.12. The number of para-hydroxylation sites is 1. The quantitative estimate of drug-likeness (QED) is 0.135. The van der Waals surface area contributed by atoms with Crippen molar-refractivity contribution in [3.8, 4) is 5.75 Å². The Kier molecular flexibility index (Phi) is 11.3. The molecule has 4 aromatic rings. The number of hydrogen-bond acceptors (Lipinski definition) is 2. The van der Waals surface area contributed by atoms with Gasteiger partial charge in [0.15, 0.2) is 0 Å². The summed E-state index contributed by atoms with van der Waals surface area (Å²) in [7, 11) is 8.27. The first kappa shape index (κ1) is 31.4. The van der Waals surface area contributed by atoms with Gasteiger partial charge in [0.05, 0.1) is 0 Å². The molecule has 0 unspecified atom stereocenters. The molecule has 0 fully saturated rings. The second-order valence-corrected chi connectivity index (χ2v) is 15.7. The Morgan fingerprint density at radius 3 is 1.69 bits per heavy atom.